The maximum absolute atomic E-state index is 12.0. The molecular formula is C20H23ClN2O4. The summed E-state index contributed by atoms with van der Waals surface area (Å²) in [5.74, 6) is 0.399. The SMILES string of the molecule is CC(Oc1ccccc1Cl)C(=O)NNC(=O)COc1ccc(C(C)C)cc1. The molecule has 2 aromatic carbocycles. The van der Waals surface area contributed by atoms with Gasteiger partial charge < -0.3 is 9.47 Å². The minimum Gasteiger partial charge on any atom is -0.484 e. The van der Waals surface area contributed by atoms with Gasteiger partial charge in [0.05, 0.1) is 5.02 Å². The lowest BCUT2D eigenvalue weighted by atomic mass is 10.0. The first kappa shape index (κ1) is 20.6. The van der Waals surface area contributed by atoms with Gasteiger partial charge in [-0.15, -0.1) is 0 Å². The molecule has 0 saturated heterocycles. The van der Waals surface area contributed by atoms with Crippen molar-refractivity contribution < 1.29 is 19.1 Å². The number of halogens is 1. The van der Waals surface area contributed by atoms with Crippen LogP contribution in [0.15, 0.2) is 48.5 Å². The summed E-state index contributed by atoms with van der Waals surface area (Å²) in [6, 6.07) is 14.3. The van der Waals surface area contributed by atoms with Crippen molar-refractivity contribution in [2.75, 3.05) is 6.61 Å². The second kappa shape index (κ2) is 9.83. The third-order valence-electron chi connectivity index (χ3n) is 3.75. The van der Waals surface area contributed by atoms with Crippen molar-refractivity contribution in [2.45, 2.75) is 32.8 Å². The van der Waals surface area contributed by atoms with Crippen LogP contribution < -0.4 is 20.3 Å². The van der Waals surface area contributed by atoms with E-state index < -0.39 is 17.9 Å². The first-order valence-electron chi connectivity index (χ1n) is 8.59. The molecule has 0 saturated carbocycles. The van der Waals surface area contributed by atoms with Gasteiger partial charge in [-0.05, 0) is 42.7 Å². The van der Waals surface area contributed by atoms with Crippen LogP contribution in [0.25, 0.3) is 0 Å². The van der Waals surface area contributed by atoms with Gasteiger partial charge >= 0.3 is 0 Å². The van der Waals surface area contributed by atoms with E-state index in [1.165, 1.54) is 5.56 Å². The average Bonchev–Trinajstić information content (AvgIpc) is 2.66. The van der Waals surface area contributed by atoms with Crippen LogP contribution in [0.1, 0.15) is 32.3 Å². The number of hydrogen-bond acceptors (Lipinski definition) is 4. The summed E-state index contributed by atoms with van der Waals surface area (Å²) >= 11 is 5.98. The Balaban J connectivity index is 1.74. The second-order valence-electron chi connectivity index (χ2n) is 6.24. The molecule has 2 N–H and O–H groups in total. The summed E-state index contributed by atoms with van der Waals surface area (Å²) in [5, 5.41) is 0.401. The Morgan fingerprint density at radius 1 is 1.00 bits per heavy atom. The van der Waals surface area contributed by atoms with Gasteiger partial charge in [0, 0.05) is 0 Å². The zero-order valence-corrected chi connectivity index (χ0v) is 16.2. The van der Waals surface area contributed by atoms with E-state index in [2.05, 4.69) is 24.7 Å². The van der Waals surface area contributed by atoms with Crippen molar-refractivity contribution >= 4 is 23.4 Å². The lowest BCUT2D eigenvalue weighted by Crippen LogP contribution is -2.48. The standard InChI is InChI=1S/C20H23ClN2O4/c1-13(2)15-8-10-16(11-9-15)26-12-19(24)22-23-20(25)14(3)27-18-7-5-4-6-17(18)21/h4-11,13-14H,12H2,1-3H3,(H,22,24)(H,23,25). The largest absolute Gasteiger partial charge is 0.484 e. The summed E-state index contributed by atoms with van der Waals surface area (Å²) in [6.45, 7) is 5.53. The molecule has 6 nitrogen and oxygen atoms in total. The molecule has 0 aliphatic heterocycles. The number of rotatable bonds is 7. The third kappa shape index (κ3) is 6.49. The summed E-state index contributed by atoms with van der Waals surface area (Å²) in [4.78, 5) is 23.8. The number of nitrogens with one attached hydrogen (secondary N) is 2. The Bertz CT molecular complexity index is 778. The Labute approximate surface area is 163 Å². The van der Waals surface area contributed by atoms with Crippen molar-refractivity contribution in [3.05, 3.63) is 59.1 Å². The van der Waals surface area contributed by atoms with Crippen LogP contribution in [0.2, 0.25) is 5.02 Å². The zero-order chi connectivity index (χ0) is 19.8. The topological polar surface area (TPSA) is 76.7 Å². The molecule has 2 rings (SSSR count). The molecule has 0 heterocycles. The molecule has 144 valence electrons. The quantitative estimate of drug-likeness (QED) is 0.710. The van der Waals surface area contributed by atoms with E-state index in [-0.39, 0.29) is 6.61 Å². The van der Waals surface area contributed by atoms with Gasteiger partial charge in [0.1, 0.15) is 11.5 Å². The Kier molecular flexibility index (Phi) is 7.49. The van der Waals surface area contributed by atoms with Crippen LogP contribution in [-0.2, 0) is 9.59 Å². The van der Waals surface area contributed by atoms with E-state index in [1.54, 1.807) is 43.3 Å². The van der Waals surface area contributed by atoms with Crippen molar-refractivity contribution in [1.82, 2.24) is 10.9 Å². The number of ether oxygens (including phenoxy) is 2. The zero-order valence-electron chi connectivity index (χ0n) is 15.5. The van der Waals surface area contributed by atoms with E-state index in [9.17, 15) is 9.59 Å². The lowest BCUT2D eigenvalue weighted by molar-refractivity contribution is -0.133. The molecule has 7 heteroatoms. The lowest BCUT2D eigenvalue weighted by Gasteiger charge is -2.16. The molecule has 27 heavy (non-hydrogen) atoms. The fourth-order valence-corrected chi connectivity index (χ4v) is 2.33. The van der Waals surface area contributed by atoms with E-state index in [0.717, 1.165) is 0 Å². The Morgan fingerprint density at radius 2 is 1.67 bits per heavy atom. The number of benzene rings is 2. The fourth-order valence-electron chi connectivity index (χ4n) is 2.15. The molecule has 2 amide bonds. The first-order chi connectivity index (χ1) is 12.9. The minimum absolute atomic E-state index is 0.221. The van der Waals surface area contributed by atoms with Gasteiger partial charge in [0.15, 0.2) is 12.7 Å². The number of para-hydroxylation sites is 1. The van der Waals surface area contributed by atoms with Crippen LogP contribution in [0.4, 0.5) is 0 Å². The van der Waals surface area contributed by atoms with Gasteiger partial charge in [-0.3, -0.25) is 20.4 Å². The predicted octanol–water partition coefficient (Wildman–Crippen LogP) is 3.46. The molecule has 2 aromatic rings. The molecule has 1 atom stereocenters. The summed E-state index contributed by atoms with van der Waals surface area (Å²) in [6.07, 6.45) is -0.838. The highest BCUT2D eigenvalue weighted by Crippen LogP contribution is 2.24. The molecule has 0 bridgehead atoms. The Morgan fingerprint density at radius 3 is 2.30 bits per heavy atom. The fraction of sp³-hybridized carbons (Fsp3) is 0.300. The molecule has 0 radical (unpaired) electrons. The average molecular weight is 391 g/mol. The number of hydrogen-bond donors (Lipinski definition) is 2. The molecule has 0 aliphatic rings. The van der Waals surface area contributed by atoms with Crippen LogP contribution >= 0.6 is 11.6 Å². The highest BCUT2D eigenvalue weighted by atomic mass is 35.5. The van der Waals surface area contributed by atoms with E-state index in [0.29, 0.717) is 22.4 Å². The number of hydrazine groups is 1. The van der Waals surface area contributed by atoms with Crippen LogP contribution in [0.3, 0.4) is 0 Å². The number of carbonyl (C=O) groups excluding carboxylic acids is 2. The molecule has 0 fully saturated rings. The van der Waals surface area contributed by atoms with Crippen molar-refractivity contribution in [3.63, 3.8) is 0 Å². The second-order valence-corrected chi connectivity index (χ2v) is 6.65. The van der Waals surface area contributed by atoms with Gasteiger partial charge in [-0.25, -0.2) is 0 Å². The number of carbonyl (C=O) groups is 2. The highest BCUT2D eigenvalue weighted by molar-refractivity contribution is 6.32. The first-order valence-corrected chi connectivity index (χ1v) is 8.97. The van der Waals surface area contributed by atoms with E-state index in [4.69, 9.17) is 21.1 Å². The molecule has 0 aromatic heterocycles. The van der Waals surface area contributed by atoms with Gasteiger partial charge in [-0.2, -0.15) is 0 Å². The van der Waals surface area contributed by atoms with Crippen molar-refractivity contribution in [2.24, 2.45) is 0 Å². The summed E-state index contributed by atoms with van der Waals surface area (Å²) < 4.78 is 10.9. The van der Waals surface area contributed by atoms with Gasteiger partial charge in [0.25, 0.3) is 11.8 Å². The molecule has 0 aliphatic carbocycles. The van der Waals surface area contributed by atoms with Crippen molar-refractivity contribution in [3.8, 4) is 11.5 Å². The van der Waals surface area contributed by atoms with E-state index in [1.807, 2.05) is 12.1 Å². The molecule has 0 spiro atoms. The maximum atomic E-state index is 12.0. The Hall–Kier alpha value is -2.73. The normalized spacial score (nSPS) is 11.6. The molecule has 1 unspecified atom stereocenters. The van der Waals surface area contributed by atoms with Crippen molar-refractivity contribution in [1.29, 1.82) is 0 Å². The van der Waals surface area contributed by atoms with Crippen LogP contribution in [-0.4, -0.2) is 24.5 Å². The van der Waals surface area contributed by atoms with Crippen LogP contribution in [0.5, 0.6) is 11.5 Å². The predicted molar refractivity (Wildman–Crippen MR) is 104 cm³/mol. The van der Waals surface area contributed by atoms with Gasteiger partial charge in [-0.1, -0.05) is 49.7 Å². The smallest absolute Gasteiger partial charge is 0.279 e. The summed E-state index contributed by atoms with van der Waals surface area (Å²) in [7, 11) is 0. The summed E-state index contributed by atoms with van der Waals surface area (Å²) in [5.41, 5.74) is 5.77. The van der Waals surface area contributed by atoms with Crippen LogP contribution in [0, 0.1) is 0 Å². The third-order valence-corrected chi connectivity index (χ3v) is 4.06. The minimum atomic E-state index is -0.838. The van der Waals surface area contributed by atoms with E-state index >= 15 is 0 Å². The number of amides is 2. The molecular weight excluding hydrogens is 368 g/mol. The highest BCUT2D eigenvalue weighted by Gasteiger charge is 2.16. The monoisotopic (exact) mass is 390 g/mol. The maximum Gasteiger partial charge on any atom is 0.279 e. The van der Waals surface area contributed by atoms with Gasteiger partial charge in [0.2, 0.25) is 0 Å².